The Hall–Kier alpha value is -0.920. The first-order chi connectivity index (χ1) is 13.7. The third-order valence-corrected chi connectivity index (χ3v) is 7.27. The van der Waals surface area contributed by atoms with Crippen LogP contribution >= 0.6 is 11.8 Å². The number of terminal acetylenes is 1. The fraction of sp³-hybridized carbons (Fsp3) is 0.792. The monoisotopic (exact) mass is 406 g/mol. The molecule has 2 fully saturated rings. The van der Waals surface area contributed by atoms with Crippen molar-refractivity contribution in [3.05, 3.63) is 12.2 Å². The van der Waals surface area contributed by atoms with Crippen LogP contribution in [0.3, 0.4) is 0 Å². The first-order valence-electron chi connectivity index (χ1n) is 11.3. The number of carbonyl (C=O) groups is 1. The lowest BCUT2D eigenvalue weighted by molar-refractivity contribution is -0.137. The van der Waals surface area contributed by atoms with E-state index in [1.165, 1.54) is 62.9 Å². The van der Waals surface area contributed by atoms with Crippen LogP contribution < -0.4 is 0 Å². The first-order valence-corrected chi connectivity index (χ1v) is 12.4. The van der Waals surface area contributed by atoms with E-state index in [4.69, 9.17) is 16.3 Å². The smallest absolute Gasteiger partial charge is 0.303 e. The van der Waals surface area contributed by atoms with Crippen LogP contribution in [0.15, 0.2) is 12.2 Å². The summed E-state index contributed by atoms with van der Waals surface area (Å²) >= 11 is 2.10. The lowest BCUT2D eigenvalue weighted by atomic mass is 9.75. The molecular weight excluding hydrogens is 368 g/mol. The molecule has 2 aliphatic rings. The van der Waals surface area contributed by atoms with Gasteiger partial charge in [0.15, 0.2) is 0 Å². The van der Waals surface area contributed by atoms with E-state index in [1.807, 2.05) is 0 Å². The lowest BCUT2D eigenvalue weighted by Gasteiger charge is -2.27. The molecule has 0 radical (unpaired) electrons. The lowest BCUT2D eigenvalue weighted by Crippen LogP contribution is -2.26. The van der Waals surface area contributed by atoms with E-state index < -0.39 is 5.97 Å². The zero-order valence-corrected chi connectivity index (χ0v) is 18.1. The maximum absolute atomic E-state index is 10.6. The summed E-state index contributed by atoms with van der Waals surface area (Å²) in [6.07, 6.45) is 24.8. The van der Waals surface area contributed by atoms with Gasteiger partial charge in [-0.1, -0.05) is 25.0 Å². The van der Waals surface area contributed by atoms with E-state index in [-0.39, 0.29) is 6.42 Å². The zero-order chi connectivity index (χ0) is 20.0. The zero-order valence-electron chi connectivity index (χ0n) is 17.3. The van der Waals surface area contributed by atoms with Crippen LogP contribution in [0.4, 0.5) is 0 Å². The van der Waals surface area contributed by atoms with Crippen LogP contribution in [0.2, 0.25) is 0 Å². The molecule has 2 bridgehead atoms. The number of thioether (sulfide) groups is 1. The van der Waals surface area contributed by atoms with Gasteiger partial charge in [0.2, 0.25) is 0 Å². The Balaban J connectivity index is 1.55. The van der Waals surface area contributed by atoms with E-state index >= 15 is 0 Å². The molecule has 0 aliphatic carbocycles. The van der Waals surface area contributed by atoms with Crippen molar-refractivity contribution in [2.24, 2.45) is 11.8 Å². The summed E-state index contributed by atoms with van der Waals surface area (Å²) in [4.78, 5) is 10.6. The van der Waals surface area contributed by atoms with Crippen molar-refractivity contribution >= 4 is 17.7 Å². The minimum atomic E-state index is -0.697. The molecular formula is C24H38O3S. The molecule has 0 saturated carbocycles. The Labute approximate surface area is 176 Å². The number of hydrogen-bond acceptors (Lipinski definition) is 3. The van der Waals surface area contributed by atoms with Crippen LogP contribution in [0.1, 0.15) is 83.5 Å². The van der Waals surface area contributed by atoms with Gasteiger partial charge in [0.25, 0.3) is 0 Å². The fourth-order valence-corrected chi connectivity index (χ4v) is 5.65. The molecule has 2 aliphatic heterocycles. The van der Waals surface area contributed by atoms with E-state index in [9.17, 15) is 4.79 Å². The molecule has 0 aromatic rings. The largest absolute Gasteiger partial charge is 0.481 e. The van der Waals surface area contributed by atoms with Gasteiger partial charge in [-0.05, 0) is 81.1 Å². The summed E-state index contributed by atoms with van der Waals surface area (Å²) in [6, 6.07) is 0. The topological polar surface area (TPSA) is 46.5 Å². The summed E-state index contributed by atoms with van der Waals surface area (Å²) in [5.41, 5.74) is 0. The third kappa shape index (κ3) is 8.62. The molecule has 0 spiro atoms. The summed E-state index contributed by atoms with van der Waals surface area (Å²) in [5.74, 6) is 5.98. The summed E-state index contributed by atoms with van der Waals surface area (Å²) in [6.45, 7) is 0. The van der Waals surface area contributed by atoms with E-state index in [1.54, 1.807) is 0 Å². The van der Waals surface area contributed by atoms with Gasteiger partial charge in [-0.3, -0.25) is 4.79 Å². The van der Waals surface area contributed by atoms with Gasteiger partial charge in [0.05, 0.1) is 12.2 Å². The molecule has 4 atom stereocenters. The van der Waals surface area contributed by atoms with Crippen molar-refractivity contribution < 1.29 is 14.6 Å². The molecule has 158 valence electrons. The number of ether oxygens (including phenoxy) is 1. The van der Waals surface area contributed by atoms with Crippen molar-refractivity contribution in [1.29, 1.82) is 0 Å². The fourth-order valence-electron chi connectivity index (χ4n) is 4.63. The number of rotatable bonds is 16. The van der Waals surface area contributed by atoms with E-state index in [0.29, 0.717) is 18.1 Å². The molecule has 3 nitrogen and oxygen atoms in total. The molecule has 2 rings (SSSR count). The maximum Gasteiger partial charge on any atom is 0.303 e. The van der Waals surface area contributed by atoms with Crippen molar-refractivity contribution in [3.63, 3.8) is 0 Å². The molecule has 1 N–H and O–H groups in total. The molecule has 0 amide bonds. The number of carboxylic acids is 1. The van der Waals surface area contributed by atoms with Crippen molar-refractivity contribution in [2.75, 3.05) is 11.5 Å². The second-order valence-electron chi connectivity index (χ2n) is 8.23. The molecule has 0 unspecified atom stereocenters. The Morgan fingerprint density at radius 2 is 1.79 bits per heavy atom. The second kappa shape index (κ2) is 14.1. The second-order valence-corrected chi connectivity index (χ2v) is 9.46. The average Bonchev–Trinajstić information content (AvgIpc) is 3.28. The minimum absolute atomic E-state index is 0.271. The highest BCUT2D eigenvalue weighted by atomic mass is 32.2. The standard InChI is InChI=1S/C24H38O3S/c1-2-3-4-7-11-18-28-19-12-10-14-21-20(22-16-17-23(21)27-22)13-8-5-6-9-15-24(25)26/h1,5,8,20-23H,3-4,6-7,9-19H2,(H,25,26)/t20-,21+,22-,23+/m1/s1. The Morgan fingerprint density at radius 3 is 2.54 bits per heavy atom. The highest BCUT2D eigenvalue weighted by Gasteiger charge is 2.47. The maximum atomic E-state index is 10.6. The molecule has 2 saturated heterocycles. The number of unbranched alkanes of at least 4 members (excludes halogenated alkanes) is 5. The normalized spacial score (nSPS) is 26.1. The van der Waals surface area contributed by atoms with Crippen molar-refractivity contribution in [3.8, 4) is 12.3 Å². The van der Waals surface area contributed by atoms with Gasteiger partial charge in [0.1, 0.15) is 0 Å². The Morgan fingerprint density at radius 1 is 1.04 bits per heavy atom. The van der Waals surface area contributed by atoms with Crippen LogP contribution in [-0.2, 0) is 9.53 Å². The van der Waals surface area contributed by atoms with Gasteiger partial charge >= 0.3 is 5.97 Å². The number of carboxylic acid groups (broad SMARTS) is 1. The number of aliphatic carboxylic acids is 1. The predicted molar refractivity (Wildman–Crippen MR) is 119 cm³/mol. The Kier molecular flexibility index (Phi) is 11.8. The highest BCUT2D eigenvalue weighted by molar-refractivity contribution is 7.99. The quantitative estimate of drug-likeness (QED) is 0.192. The Bertz CT molecular complexity index is 510. The van der Waals surface area contributed by atoms with E-state index in [0.717, 1.165) is 31.6 Å². The van der Waals surface area contributed by atoms with Gasteiger partial charge in [-0.15, -0.1) is 12.3 Å². The van der Waals surface area contributed by atoms with Gasteiger partial charge in [-0.25, -0.2) is 0 Å². The molecule has 2 heterocycles. The summed E-state index contributed by atoms with van der Waals surface area (Å²) in [7, 11) is 0. The summed E-state index contributed by atoms with van der Waals surface area (Å²) in [5, 5.41) is 8.69. The minimum Gasteiger partial charge on any atom is -0.481 e. The highest BCUT2D eigenvalue weighted by Crippen LogP contribution is 2.47. The van der Waals surface area contributed by atoms with Gasteiger partial charge in [0, 0.05) is 12.8 Å². The molecule has 28 heavy (non-hydrogen) atoms. The van der Waals surface area contributed by atoms with E-state index in [2.05, 4.69) is 29.8 Å². The molecule has 4 heteroatoms. The van der Waals surface area contributed by atoms with Gasteiger partial charge < -0.3 is 9.84 Å². The number of allylic oxidation sites excluding steroid dienone is 2. The first kappa shape index (κ1) is 23.4. The van der Waals surface area contributed by atoms with Gasteiger partial charge in [-0.2, -0.15) is 11.8 Å². The van der Waals surface area contributed by atoms with Crippen LogP contribution in [0.25, 0.3) is 0 Å². The number of fused-ring (bicyclic) bond motifs is 2. The van der Waals surface area contributed by atoms with Crippen molar-refractivity contribution in [2.45, 2.75) is 95.7 Å². The molecule has 0 aromatic heterocycles. The SMILES string of the molecule is C#CCCCCCSCCCC[C@H]1[C@@H](CC=CCCCC(=O)O)[C@H]2CC[C@@H]1O2. The third-order valence-electron chi connectivity index (χ3n) is 6.11. The summed E-state index contributed by atoms with van der Waals surface area (Å²) < 4.78 is 6.22. The van der Waals surface area contributed by atoms with Crippen LogP contribution in [0.5, 0.6) is 0 Å². The number of hydrogen-bond donors (Lipinski definition) is 1. The van der Waals surface area contributed by atoms with Crippen LogP contribution in [-0.4, -0.2) is 34.8 Å². The average molecular weight is 407 g/mol. The molecule has 0 aromatic carbocycles. The predicted octanol–water partition coefficient (Wildman–Crippen LogP) is 6.08. The van der Waals surface area contributed by atoms with Crippen LogP contribution in [0, 0.1) is 24.2 Å². The van der Waals surface area contributed by atoms with Crippen molar-refractivity contribution in [1.82, 2.24) is 0 Å².